The van der Waals surface area contributed by atoms with Gasteiger partial charge in [0.05, 0.1) is 44.5 Å². The van der Waals surface area contributed by atoms with Crippen molar-refractivity contribution in [3.63, 3.8) is 0 Å². The van der Waals surface area contributed by atoms with E-state index in [1.165, 1.54) is 26.6 Å². The van der Waals surface area contributed by atoms with E-state index in [9.17, 15) is 105 Å². The summed E-state index contributed by atoms with van der Waals surface area (Å²) in [6.07, 6.45) is -54.8. The molecule has 408 valence electrons. The SMILES string of the molecule is FC(F)(F)c1cc([B-](c2cc(C(F)(F)F)cc(C(F)(F)F)c2)(c2cc(C(F)(F)F)cc(C(F)(F)F)c2)c2cc(C(F)(F)F)cc(C(F)(F)F)c2)cc(C(F)(F)F)c1.c1ccc2cc(C[n+]3csc4ccccc43)ccc2c1. The molecule has 8 rings (SSSR count). The van der Waals surface area contributed by atoms with Gasteiger partial charge in [-0.05, 0) is 47.2 Å². The highest BCUT2D eigenvalue weighted by molar-refractivity contribution is 7.20. The zero-order valence-corrected chi connectivity index (χ0v) is 38.4. The number of nitrogens with zero attached hydrogens (tertiary/aromatic N) is 1. The van der Waals surface area contributed by atoms with Crippen LogP contribution in [0.5, 0.6) is 0 Å². The fraction of sp³-hybridized carbons (Fsp3) is 0.180. The van der Waals surface area contributed by atoms with Crippen LogP contribution in [0.15, 0.2) is 145 Å². The van der Waals surface area contributed by atoms with Crippen LogP contribution in [0.25, 0.3) is 21.0 Å². The van der Waals surface area contributed by atoms with Crippen molar-refractivity contribution in [1.29, 1.82) is 0 Å². The van der Waals surface area contributed by atoms with E-state index in [0.29, 0.717) is 0 Å². The van der Waals surface area contributed by atoms with Crippen molar-refractivity contribution in [3.8, 4) is 0 Å². The smallest absolute Gasteiger partial charge is 0.194 e. The van der Waals surface area contributed by atoms with Crippen LogP contribution in [0.2, 0.25) is 0 Å². The van der Waals surface area contributed by atoms with Crippen molar-refractivity contribution in [2.24, 2.45) is 0 Å². The molecule has 0 aliphatic heterocycles. The first kappa shape index (κ1) is 57.8. The molecule has 0 unspecified atom stereocenters. The highest BCUT2D eigenvalue weighted by Crippen LogP contribution is 2.41. The lowest BCUT2D eigenvalue weighted by Gasteiger charge is -2.46. The second kappa shape index (κ2) is 19.8. The average Bonchev–Trinajstić information content (AvgIpc) is 3.72. The van der Waals surface area contributed by atoms with Gasteiger partial charge in [-0.3, -0.25) is 0 Å². The lowest BCUT2D eigenvalue weighted by Crippen LogP contribution is -2.75. The topological polar surface area (TPSA) is 3.88 Å². The zero-order valence-electron chi connectivity index (χ0n) is 37.6. The zero-order chi connectivity index (χ0) is 57.3. The van der Waals surface area contributed by atoms with Crippen molar-refractivity contribution in [2.75, 3.05) is 0 Å². The van der Waals surface area contributed by atoms with Gasteiger partial charge in [-0.1, -0.05) is 108 Å². The average molecular weight is 1140 g/mol. The first-order valence-corrected chi connectivity index (χ1v) is 22.2. The number of fused-ring (bicyclic) bond motifs is 2. The van der Waals surface area contributed by atoms with Crippen molar-refractivity contribution >= 4 is 60.3 Å². The molecule has 0 saturated heterocycles. The number of benzene rings is 7. The van der Waals surface area contributed by atoms with Crippen molar-refractivity contribution in [2.45, 2.75) is 56.0 Å². The molecule has 0 bridgehead atoms. The maximum Gasteiger partial charge on any atom is 0.416 e. The normalized spacial score (nSPS) is 13.5. The monoisotopic (exact) mass is 1140 g/mol. The summed E-state index contributed by atoms with van der Waals surface area (Å²) < 4.78 is 344. The standard InChI is InChI=1S/C32H12BF24.C18H14NS/c34-25(35,36)13-1-14(26(37,38)39)6-21(5-13)33(22-7-15(27(40,41)42)2-16(8-22)28(43,44)45,23-9-17(29(46,47)48)3-18(10-23)30(49,50)51)24-11-19(31(52,53)54)4-20(12-24)32(55,56)57;1-2-6-16-11-14(9-10-15(16)5-1)12-19-13-20-18-8-4-3-7-17(18)19/h1-12H;1-11,13H,12H2/q-1;+1. The molecule has 0 spiro atoms. The Bertz CT molecular complexity index is 3020. The number of para-hydroxylation sites is 1. The predicted octanol–water partition coefficient (Wildman–Crippen LogP) is 15.6. The number of hydrogen-bond donors (Lipinski definition) is 0. The van der Waals surface area contributed by atoms with Crippen LogP contribution in [-0.2, 0) is 56.0 Å². The molecule has 8 aromatic rings. The Labute approximate surface area is 420 Å². The Hall–Kier alpha value is -6.93. The molecule has 1 heterocycles. The van der Waals surface area contributed by atoms with Gasteiger partial charge in [0, 0.05) is 11.6 Å². The largest absolute Gasteiger partial charge is 0.416 e. The van der Waals surface area contributed by atoms with Gasteiger partial charge >= 0.3 is 49.4 Å². The van der Waals surface area contributed by atoms with Crippen LogP contribution in [0, 0.1) is 0 Å². The molecule has 0 radical (unpaired) electrons. The summed E-state index contributed by atoms with van der Waals surface area (Å²) in [6, 6.07) is 15.0. The van der Waals surface area contributed by atoms with E-state index in [2.05, 4.69) is 76.8 Å². The van der Waals surface area contributed by atoms with Crippen molar-refractivity contribution < 1.29 is 110 Å². The third-order valence-corrected chi connectivity index (χ3v) is 13.0. The molecule has 0 aliphatic rings. The van der Waals surface area contributed by atoms with Crippen LogP contribution in [0.3, 0.4) is 0 Å². The first-order chi connectivity index (χ1) is 35.2. The molecule has 0 amide bonds. The molecule has 27 heteroatoms. The van der Waals surface area contributed by atoms with Gasteiger partial charge in [0.2, 0.25) is 11.0 Å². The second-order valence-corrected chi connectivity index (χ2v) is 18.1. The molecular formula is C50H26BF24NS. The van der Waals surface area contributed by atoms with Gasteiger partial charge in [-0.25, -0.2) is 0 Å². The van der Waals surface area contributed by atoms with Gasteiger partial charge in [-0.15, -0.1) is 0 Å². The summed E-state index contributed by atoms with van der Waals surface area (Å²) >= 11 is 1.80. The maximum absolute atomic E-state index is 14.2. The van der Waals surface area contributed by atoms with E-state index in [-0.39, 0.29) is 0 Å². The third kappa shape index (κ3) is 12.6. The fourth-order valence-corrected chi connectivity index (χ4v) is 9.59. The minimum absolute atomic E-state index is 0.691. The van der Waals surface area contributed by atoms with Crippen molar-refractivity contribution in [3.05, 3.63) is 195 Å². The predicted molar refractivity (Wildman–Crippen MR) is 235 cm³/mol. The number of thiazole rings is 1. The Morgan fingerprint density at radius 1 is 0.312 bits per heavy atom. The molecule has 1 nitrogen and oxygen atoms in total. The molecule has 0 aliphatic carbocycles. The number of rotatable bonds is 6. The lowest BCUT2D eigenvalue weighted by atomic mass is 9.12. The van der Waals surface area contributed by atoms with E-state index in [0.717, 1.165) is 6.54 Å². The molecule has 0 saturated carbocycles. The van der Waals surface area contributed by atoms with Crippen molar-refractivity contribution in [1.82, 2.24) is 0 Å². The molecule has 0 fully saturated rings. The Kier molecular flexibility index (Phi) is 14.9. The van der Waals surface area contributed by atoms with Gasteiger partial charge in [0.25, 0.3) is 0 Å². The molecule has 77 heavy (non-hydrogen) atoms. The highest BCUT2D eigenvalue weighted by atomic mass is 32.1. The maximum atomic E-state index is 14.2. The summed E-state index contributed by atoms with van der Waals surface area (Å²) in [5.74, 6) is 0. The van der Waals surface area contributed by atoms with E-state index in [1.807, 2.05) is 0 Å². The van der Waals surface area contributed by atoms with E-state index < -0.39 is 195 Å². The number of aromatic nitrogens is 1. The van der Waals surface area contributed by atoms with E-state index >= 15 is 0 Å². The molecule has 7 aromatic carbocycles. The lowest BCUT2D eigenvalue weighted by molar-refractivity contribution is -0.658. The summed E-state index contributed by atoms with van der Waals surface area (Å²) in [6.45, 7) is 0.925. The van der Waals surface area contributed by atoms with Gasteiger partial charge in [0.15, 0.2) is 6.54 Å². The minimum Gasteiger partial charge on any atom is -0.194 e. The van der Waals surface area contributed by atoms with E-state index in [1.54, 1.807) is 11.3 Å². The first-order valence-electron chi connectivity index (χ1n) is 21.4. The number of halogens is 24. The van der Waals surface area contributed by atoms with Gasteiger partial charge in [-0.2, -0.15) is 132 Å². The van der Waals surface area contributed by atoms with Crippen LogP contribution in [0.4, 0.5) is 105 Å². The Morgan fingerprint density at radius 2 is 0.597 bits per heavy atom. The minimum atomic E-state index is -6.13. The second-order valence-electron chi connectivity index (χ2n) is 17.2. The van der Waals surface area contributed by atoms with Gasteiger partial charge in [0.1, 0.15) is 10.8 Å². The van der Waals surface area contributed by atoms with Crippen LogP contribution < -0.4 is 26.4 Å². The van der Waals surface area contributed by atoms with Gasteiger partial charge < -0.3 is 0 Å². The quantitative estimate of drug-likeness (QED) is 0.0888. The molecule has 0 N–H and O–H groups in total. The van der Waals surface area contributed by atoms with Crippen LogP contribution >= 0.6 is 11.3 Å². The molecule has 1 aromatic heterocycles. The molecular weight excluding hydrogens is 1110 g/mol. The number of alkyl halides is 24. The van der Waals surface area contributed by atoms with Crippen LogP contribution in [0.1, 0.15) is 50.1 Å². The summed E-state index contributed by atoms with van der Waals surface area (Å²) in [5, 5.41) is 2.61. The summed E-state index contributed by atoms with van der Waals surface area (Å²) in [4.78, 5) is 0. The summed E-state index contributed by atoms with van der Waals surface area (Å²) in [7, 11) is 0. The van der Waals surface area contributed by atoms with Crippen LogP contribution in [-0.4, -0.2) is 6.15 Å². The Morgan fingerprint density at radius 3 is 0.909 bits per heavy atom. The third-order valence-electron chi connectivity index (χ3n) is 12.1. The van der Waals surface area contributed by atoms with E-state index in [4.69, 9.17) is 0 Å². The Balaban J connectivity index is 0.000000353. The summed E-state index contributed by atoms with van der Waals surface area (Å²) in [5.41, 5.74) is -25.3. The number of hydrogen-bond acceptors (Lipinski definition) is 1. The highest BCUT2D eigenvalue weighted by Gasteiger charge is 2.47. The fourth-order valence-electron chi connectivity index (χ4n) is 8.70. The molecule has 0 atom stereocenters.